The van der Waals surface area contributed by atoms with Crippen molar-refractivity contribution in [1.29, 1.82) is 0 Å². The summed E-state index contributed by atoms with van der Waals surface area (Å²) >= 11 is 0. The van der Waals surface area contributed by atoms with E-state index >= 15 is 0 Å². The maximum atomic E-state index is 0. The van der Waals surface area contributed by atoms with Crippen molar-refractivity contribution in [2.75, 3.05) is 0 Å². The molecule has 0 atom stereocenters. The summed E-state index contributed by atoms with van der Waals surface area (Å²) in [6.45, 7) is 0. The summed E-state index contributed by atoms with van der Waals surface area (Å²) in [7, 11) is 0. The van der Waals surface area contributed by atoms with E-state index in [2.05, 4.69) is 0 Å². The van der Waals surface area contributed by atoms with Crippen molar-refractivity contribution >= 4 is 0 Å². The second-order valence-electron chi connectivity index (χ2n) is 0. The second kappa shape index (κ2) is 89.5. The van der Waals surface area contributed by atoms with E-state index in [4.69, 9.17) is 0 Å². The smallest absolute Gasteiger partial charge is 2.00 e. The van der Waals surface area contributed by atoms with E-state index in [0.29, 0.717) is 0 Å². The van der Waals surface area contributed by atoms with Crippen molar-refractivity contribution < 1.29 is 50.6 Å². The monoisotopic (exact) mass is 158 g/mol. The topological polar surface area (TPSA) is 85.5 Å². The van der Waals surface area contributed by atoms with Gasteiger partial charge in [0.05, 0.1) is 0 Å². The Bertz CT molecular complexity index is 4.85. The summed E-state index contributed by atoms with van der Waals surface area (Å²) in [5.74, 6) is 0. The van der Waals surface area contributed by atoms with Gasteiger partial charge in [-0.2, -0.15) is 0 Å². The summed E-state index contributed by atoms with van der Waals surface area (Å²) in [5.41, 5.74) is 0. The molecule has 0 aliphatic rings. The summed E-state index contributed by atoms with van der Waals surface area (Å²) in [6.07, 6.45) is 0. The first kappa shape index (κ1) is 170. The van der Waals surface area contributed by atoms with E-state index in [9.17, 15) is 0 Å². The van der Waals surface area contributed by atoms with Gasteiger partial charge in [-0.05, 0) is 0 Å². The van der Waals surface area contributed by atoms with Gasteiger partial charge in [0.1, 0.15) is 0 Å². The Morgan fingerprint density at radius 3 is 0.400 bits per heavy atom. The van der Waals surface area contributed by atoms with E-state index in [1.165, 1.54) is 0 Å². The molecule has 0 heterocycles. The van der Waals surface area contributed by atoms with E-state index in [-0.39, 0.29) is 50.6 Å². The summed E-state index contributed by atoms with van der Waals surface area (Å²) in [5, 5.41) is 0. The van der Waals surface area contributed by atoms with Crippen molar-refractivity contribution in [3.8, 4) is 0 Å². The zero-order valence-corrected chi connectivity index (χ0v) is 4.34. The molecule has 0 amide bonds. The minimum Gasteiger partial charge on any atom is -2.00 e. The fourth-order valence-electron chi connectivity index (χ4n) is 0. The first-order valence-electron chi connectivity index (χ1n) is 0. The standard InChI is InChI=1S/2Mn.3O/q2*+2;3*-2. The van der Waals surface area contributed by atoms with Crippen LogP contribution in [0.25, 0.3) is 0 Å². The van der Waals surface area contributed by atoms with Crippen molar-refractivity contribution in [2.45, 2.75) is 0 Å². The molecule has 0 bridgehead atoms. The molecule has 5 heavy (non-hydrogen) atoms. The first-order chi connectivity index (χ1) is 0. The summed E-state index contributed by atoms with van der Waals surface area (Å²) in [4.78, 5) is 0. The van der Waals surface area contributed by atoms with Gasteiger partial charge in [0, 0.05) is 0 Å². The minimum absolute atomic E-state index is 0. The average Bonchev–Trinajstić information content (AvgIpc) is 0. The predicted molar refractivity (Wildman–Crippen MR) is 2.06 cm³/mol. The molecule has 0 aromatic heterocycles. The largest absolute Gasteiger partial charge is 2.00 e. The predicted octanol–water partition coefficient (Wildman–Crippen LogP) is -0.361. The van der Waals surface area contributed by atoms with Gasteiger partial charge in [0.2, 0.25) is 0 Å². The van der Waals surface area contributed by atoms with Crippen molar-refractivity contribution in [1.82, 2.24) is 0 Å². The van der Waals surface area contributed by atoms with Gasteiger partial charge >= 0.3 is 34.1 Å². The molecule has 0 spiro atoms. The van der Waals surface area contributed by atoms with E-state index in [0.717, 1.165) is 0 Å². The van der Waals surface area contributed by atoms with E-state index in [1.54, 1.807) is 0 Å². The molecule has 0 rings (SSSR count). The summed E-state index contributed by atoms with van der Waals surface area (Å²) < 4.78 is 0. The second-order valence-corrected chi connectivity index (χ2v) is 0. The molecular formula is Mn2O3-2. The van der Waals surface area contributed by atoms with Gasteiger partial charge in [-0.3, -0.25) is 0 Å². The molecule has 0 saturated carbocycles. The minimum atomic E-state index is 0. The Hall–Kier alpha value is 0.919. The fourth-order valence-corrected chi connectivity index (χ4v) is 0. The van der Waals surface area contributed by atoms with Gasteiger partial charge in [0.15, 0.2) is 0 Å². The molecule has 5 heteroatoms. The molecule has 0 fully saturated rings. The van der Waals surface area contributed by atoms with E-state index in [1.807, 2.05) is 0 Å². The van der Waals surface area contributed by atoms with Gasteiger partial charge in [-0.1, -0.05) is 0 Å². The van der Waals surface area contributed by atoms with Crippen LogP contribution < -0.4 is 0 Å². The molecule has 34 valence electrons. The molecular weight excluding hydrogens is 158 g/mol. The molecule has 0 aliphatic carbocycles. The van der Waals surface area contributed by atoms with Crippen LogP contribution in [0.4, 0.5) is 0 Å². The Morgan fingerprint density at radius 2 is 0.400 bits per heavy atom. The zero-order chi connectivity index (χ0) is 0. The van der Waals surface area contributed by atoms with Gasteiger partial charge in [0.25, 0.3) is 0 Å². The maximum Gasteiger partial charge on any atom is 2.00 e. The number of hydrogen-bond donors (Lipinski definition) is 0. The fraction of sp³-hybridized carbons (Fsp3) is 0. The van der Waals surface area contributed by atoms with Crippen molar-refractivity contribution in [2.24, 2.45) is 0 Å². The van der Waals surface area contributed by atoms with Crippen LogP contribution in [-0.2, 0) is 50.6 Å². The number of rotatable bonds is 0. The summed E-state index contributed by atoms with van der Waals surface area (Å²) in [6, 6.07) is 0. The van der Waals surface area contributed by atoms with Gasteiger partial charge < -0.3 is 16.4 Å². The van der Waals surface area contributed by atoms with Crippen LogP contribution in [0.5, 0.6) is 0 Å². The van der Waals surface area contributed by atoms with Crippen molar-refractivity contribution in [3.63, 3.8) is 0 Å². The molecule has 2 radical (unpaired) electrons. The molecule has 0 unspecified atom stereocenters. The van der Waals surface area contributed by atoms with Crippen LogP contribution in [0.1, 0.15) is 0 Å². The quantitative estimate of drug-likeness (QED) is 0.431. The van der Waals surface area contributed by atoms with Crippen LogP contribution in [0.3, 0.4) is 0 Å². The Morgan fingerprint density at radius 1 is 0.400 bits per heavy atom. The molecule has 3 nitrogen and oxygen atoms in total. The van der Waals surface area contributed by atoms with Crippen LogP contribution in [0, 0.1) is 0 Å². The Labute approximate surface area is 51.0 Å². The SMILES string of the molecule is [Mn+2].[Mn+2].[O-2].[O-2].[O-2]. The van der Waals surface area contributed by atoms with E-state index < -0.39 is 0 Å². The molecule has 0 aromatic carbocycles. The molecule has 0 N–H and O–H groups in total. The van der Waals surface area contributed by atoms with Crippen LogP contribution in [-0.4, -0.2) is 0 Å². The van der Waals surface area contributed by atoms with Crippen molar-refractivity contribution in [3.05, 3.63) is 0 Å². The van der Waals surface area contributed by atoms with Gasteiger partial charge in [-0.15, -0.1) is 0 Å². The average molecular weight is 158 g/mol. The van der Waals surface area contributed by atoms with Crippen LogP contribution in [0.15, 0.2) is 0 Å². The first-order valence-corrected chi connectivity index (χ1v) is 0. The molecule has 0 saturated heterocycles. The molecule has 0 aliphatic heterocycles. The van der Waals surface area contributed by atoms with Gasteiger partial charge in [-0.25, -0.2) is 0 Å². The maximum absolute atomic E-state index is 0. The Balaban J connectivity index is 0. The molecule has 0 aromatic rings. The zero-order valence-electron chi connectivity index (χ0n) is 1.98. The normalized spacial score (nSPS) is 0. The Kier molecular flexibility index (Phi) is 3030. The number of hydrogen-bond acceptors (Lipinski definition) is 0. The van der Waals surface area contributed by atoms with Crippen LogP contribution in [0.2, 0.25) is 0 Å². The van der Waals surface area contributed by atoms with Crippen LogP contribution >= 0.6 is 0 Å². The third-order valence-corrected chi connectivity index (χ3v) is 0. The third-order valence-electron chi connectivity index (χ3n) is 0. The third kappa shape index (κ3) is 49.6.